The lowest BCUT2D eigenvalue weighted by Gasteiger charge is -2.20. The lowest BCUT2D eigenvalue weighted by molar-refractivity contribution is -0.136. The van der Waals surface area contributed by atoms with Crippen LogP contribution in [0.5, 0.6) is 17.2 Å². The summed E-state index contributed by atoms with van der Waals surface area (Å²) in [7, 11) is -1.08. The number of hydrogen-bond donors (Lipinski definition) is 0. The van der Waals surface area contributed by atoms with Gasteiger partial charge in [0.2, 0.25) is 10.0 Å². The molecular formula is C30H23F4N3O4S. The van der Waals surface area contributed by atoms with Crippen LogP contribution in [0.4, 0.5) is 17.6 Å². The Morgan fingerprint density at radius 1 is 0.881 bits per heavy atom. The minimum absolute atomic E-state index is 0.00786. The van der Waals surface area contributed by atoms with Crippen molar-refractivity contribution in [3.63, 3.8) is 0 Å². The summed E-state index contributed by atoms with van der Waals surface area (Å²) >= 11 is 0. The molecular weight excluding hydrogens is 574 g/mol. The molecule has 0 amide bonds. The van der Waals surface area contributed by atoms with Crippen molar-refractivity contribution < 1.29 is 35.5 Å². The molecule has 0 aliphatic heterocycles. The number of nitrogens with zero attached hydrogens (tertiary/aromatic N) is 3. The van der Waals surface area contributed by atoms with Gasteiger partial charge in [0.1, 0.15) is 34.3 Å². The molecule has 0 saturated carbocycles. The van der Waals surface area contributed by atoms with E-state index in [1.807, 2.05) is 0 Å². The highest BCUT2D eigenvalue weighted by atomic mass is 32.2. The van der Waals surface area contributed by atoms with E-state index in [1.54, 1.807) is 36.4 Å². The van der Waals surface area contributed by atoms with Crippen molar-refractivity contribution in [1.82, 2.24) is 14.3 Å². The molecule has 0 aliphatic carbocycles. The minimum atomic E-state index is -4.68. The maximum Gasteiger partial charge on any atom is 0.418 e. The average Bonchev–Trinajstić information content (AvgIpc) is 2.97. The lowest BCUT2D eigenvalue weighted by Crippen LogP contribution is -2.26. The summed E-state index contributed by atoms with van der Waals surface area (Å²) in [5, 5.41) is -0.00786. The van der Waals surface area contributed by atoms with E-state index >= 15 is 4.39 Å². The largest absolute Gasteiger partial charge is 0.497 e. The van der Waals surface area contributed by atoms with E-state index in [0.717, 1.165) is 24.0 Å². The number of para-hydroxylation sites is 2. The number of hydrogen-bond acceptors (Lipinski definition) is 6. The average molecular weight is 598 g/mol. The van der Waals surface area contributed by atoms with Crippen LogP contribution in [0.1, 0.15) is 11.1 Å². The van der Waals surface area contributed by atoms with Crippen LogP contribution in [0.25, 0.3) is 22.2 Å². The topological polar surface area (TPSA) is 81.6 Å². The second-order valence-electron chi connectivity index (χ2n) is 9.22. The third-order valence-corrected chi connectivity index (χ3v) is 8.34. The molecule has 0 spiro atoms. The van der Waals surface area contributed by atoms with Gasteiger partial charge in [0.05, 0.1) is 23.9 Å². The first-order valence-electron chi connectivity index (χ1n) is 12.5. The van der Waals surface area contributed by atoms with Crippen molar-refractivity contribution in [2.75, 3.05) is 14.2 Å². The predicted octanol–water partition coefficient (Wildman–Crippen LogP) is 7.08. The quantitative estimate of drug-likeness (QED) is 0.178. The van der Waals surface area contributed by atoms with Crippen LogP contribution in [0.2, 0.25) is 0 Å². The summed E-state index contributed by atoms with van der Waals surface area (Å²) in [5.41, 5.74) is -0.842. The smallest absolute Gasteiger partial charge is 0.418 e. The van der Waals surface area contributed by atoms with Gasteiger partial charge in [0, 0.05) is 24.5 Å². The first-order chi connectivity index (χ1) is 20.0. The molecule has 0 saturated heterocycles. The zero-order chi connectivity index (χ0) is 30.1. The Kier molecular flexibility index (Phi) is 7.85. The molecule has 5 aromatic rings. The van der Waals surface area contributed by atoms with Gasteiger partial charge in [-0.15, -0.1) is 0 Å². The fourth-order valence-corrected chi connectivity index (χ4v) is 5.67. The van der Waals surface area contributed by atoms with Crippen LogP contribution in [0.15, 0.2) is 96.2 Å². The van der Waals surface area contributed by atoms with Gasteiger partial charge in [-0.1, -0.05) is 36.4 Å². The minimum Gasteiger partial charge on any atom is -0.497 e. The Bertz CT molecular complexity index is 1860. The fraction of sp³-hybridized carbons (Fsp3) is 0.133. The normalized spacial score (nSPS) is 12.1. The summed E-state index contributed by atoms with van der Waals surface area (Å²) < 4.78 is 95.0. The second-order valence-corrected chi connectivity index (χ2v) is 11.2. The van der Waals surface area contributed by atoms with Crippen molar-refractivity contribution in [2.45, 2.75) is 17.6 Å². The highest BCUT2D eigenvalue weighted by Gasteiger charge is 2.33. The standard InChI is InChI=1S/C30H23F4N3O4S/c1-37(17-19-10-12-20(40-2)13-11-19)42(38,39)27-9-4-3-8-26(27)41-21-14-15-25(31)23(16-21)28-22-6-5-7-24(30(32,33)34)29(22)36-18-35-28/h3-16,18H,17H2,1-2H3. The van der Waals surface area contributed by atoms with E-state index in [4.69, 9.17) is 9.47 Å². The fourth-order valence-electron chi connectivity index (χ4n) is 4.40. The van der Waals surface area contributed by atoms with Crippen LogP contribution < -0.4 is 9.47 Å². The van der Waals surface area contributed by atoms with Gasteiger partial charge in [0.25, 0.3) is 0 Å². The number of sulfonamides is 1. The number of halogens is 4. The number of ether oxygens (including phenoxy) is 2. The van der Waals surface area contributed by atoms with Crippen LogP contribution in [0.3, 0.4) is 0 Å². The van der Waals surface area contributed by atoms with Crippen LogP contribution in [-0.4, -0.2) is 36.8 Å². The van der Waals surface area contributed by atoms with Gasteiger partial charge < -0.3 is 9.47 Å². The van der Waals surface area contributed by atoms with Crippen molar-refractivity contribution >= 4 is 20.9 Å². The van der Waals surface area contributed by atoms with Crippen molar-refractivity contribution in [3.8, 4) is 28.5 Å². The maximum atomic E-state index is 15.0. The maximum absolute atomic E-state index is 15.0. The van der Waals surface area contributed by atoms with Gasteiger partial charge in [-0.05, 0) is 54.1 Å². The summed E-state index contributed by atoms with van der Waals surface area (Å²) in [4.78, 5) is 7.71. The predicted molar refractivity (Wildman–Crippen MR) is 148 cm³/mol. The van der Waals surface area contributed by atoms with Gasteiger partial charge in [-0.25, -0.2) is 22.8 Å². The Labute approximate surface area is 239 Å². The van der Waals surface area contributed by atoms with Crippen LogP contribution in [-0.2, 0) is 22.7 Å². The number of rotatable bonds is 8. The Balaban J connectivity index is 1.49. The highest BCUT2D eigenvalue weighted by Crippen LogP contribution is 2.38. The molecule has 0 fully saturated rings. The van der Waals surface area contributed by atoms with E-state index in [2.05, 4.69) is 9.97 Å². The van der Waals surface area contributed by atoms with Crippen LogP contribution in [0, 0.1) is 5.82 Å². The molecule has 0 N–H and O–H groups in total. The molecule has 12 heteroatoms. The molecule has 7 nitrogen and oxygen atoms in total. The van der Waals surface area contributed by atoms with Gasteiger partial charge in [-0.2, -0.15) is 17.5 Å². The highest BCUT2D eigenvalue weighted by molar-refractivity contribution is 7.89. The van der Waals surface area contributed by atoms with Crippen molar-refractivity contribution in [2.24, 2.45) is 0 Å². The molecule has 5 rings (SSSR count). The summed E-state index contributed by atoms with van der Waals surface area (Å²) in [6, 6.07) is 20.0. The molecule has 1 heterocycles. The molecule has 0 atom stereocenters. The number of alkyl halides is 3. The molecule has 0 aliphatic rings. The second kappa shape index (κ2) is 11.4. The summed E-state index contributed by atoms with van der Waals surface area (Å²) in [6.07, 6.45) is -3.75. The number of fused-ring (bicyclic) bond motifs is 1. The van der Waals surface area contributed by atoms with E-state index in [-0.39, 0.29) is 45.1 Å². The number of methoxy groups -OCH3 is 1. The van der Waals surface area contributed by atoms with Gasteiger partial charge >= 0.3 is 6.18 Å². The third kappa shape index (κ3) is 5.76. The molecule has 0 bridgehead atoms. The summed E-state index contributed by atoms with van der Waals surface area (Å²) in [5.74, 6) is -0.105. The SMILES string of the molecule is COc1ccc(CN(C)S(=O)(=O)c2ccccc2Oc2ccc(F)c(-c3ncnc4c(C(F)(F)F)cccc34)c2)cc1. The van der Waals surface area contributed by atoms with Gasteiger partial charge in [-0.3, -0.25) is 0 Å². The van der Waals surface area contributed by atoms with Crippen LogP contribution >= 0.6 is 0 Å². The monoisotopic (exact) mass is 597 g/mol. The van der Waals surface area contributed by atoms with E-state index in [1.165, 1.54) is 54.9 Å². The van der Waals surface area contributed by atoms with E-state index < -0.39 is 27.6 Å². The zero-order valence-electron chi connectivity index (χ0n) is 22.3. The molecule has 216 valence electrons. The van der Waals surface area contributed by atoms with Gasteiger partial charge in [0.15, 0.2) is 0 Å². The summed E-state index contributed by atoms with van der Waals surface area (Å²) in [6.45, 7) is 0.0715. The Morgan fingerprint density at radius 3 is 2.31 bits per heavy atom. The molecule has 42 heavy (non-hydrogen) atoms. The zero-order valence-corrected chi connectivity index (χ0v) is 23.1. The van der Waals surface area contributed by atoms with E-state index in [9.17, 15) is 21.6 Å². The molecule has 4 aromatic carbocycles. The molecule has 0 radical (unpaired) electrons. The first-order valence-corrected chi connectivity index (χ1v) is 13.9. The van der Waals surface area contributed by atoms with Crippen molar-refractivity contribution in [1.29, 1.82) is 0 Å². The lowest BCUT2D eigenvalue weighted by atomic mass is 10.0. The molecule has 0 unspecified atom stereocenters. The Morgan fingerprint density at radius 2 is 1.60 bits per heavy atom. The first kappa shape index (κ1) is 29.0. The number of benzene rings is 4. The number of aromatic nitrogens is 2. The molecule has 1 aromatic heterocycles. The third-order valence-electron chi connectivity index (χ3n) is 6.49. The van der Waals surface area contributed by atoms with E-state index in [0.29, 0.717) is 5.75 Å². The van der Waals surface area contributed by atoms with Crippen molar-refractivity contribution in [3.05, 3.63) is 108 Å². The Hall–Kier alpha value is -4.55.